The fraction of sp³-hybridized carbons (Fsp3) is 0.538. The maximum Gasteiger partial charge on any atom is 0.341 e. The third-order valence-corrected chi connectivity index (χ3v) is 10.6. The van der Waals surface area contributed by atoms with Crippen LogP contribution in [0.1, 0.15) is 20.8 Å². The zero-order chi connectivity index (χ0) is 15.8. The minimum Gasteiger partial charge on any atom is -0.321 e. The zero-order valence-electron chi connectivity index (χ0n) is 12.6. The van der Waals surface area contributed by atoms with Crippen molar-refractivity contribution in [2.24, 2.45) is 0 Å². The van der Waals surface area contributed by atoms with Crippen molar-refractivity contribution in [1.82, 2.24) is 0 Å². The Labute approximate surface area is 130 Å². The minimum atomic E-state index is -3.42. The smallest absolute Gasteiger partial charge is 0.321 e. The van der Waals surface area contributed by atoms with E-state index < -0.39 is 14.2 Å². The maximum absolute atomic E-state index is 13.0. The molecule has 0 aliphatic rings. The number of hydrogen-bond donors (Lipinski definition) is 0. The third kappa shape index (κ3) is 6.68. The Morgan fingerprint density at radius 3 is 1.90 bits per heavy atom. The molecular weight excluding hydrogens is 330 g/mol. The highest BCUT2D eigenvalue weighted by atomic mass is 32.7. The first-order valence-corrected chi connectivity index (χ1v) is 11.8. The standard InChI is InChI=1S/C13H22O5P2S/c1-4-16-19(14,17-5-2)12-20(15,18-6-3)21-13-10-8-7-9-11-13/h7-11H,4-6,12H2,1-3H3. The van der Waals surface area contributed by atoms with E-state index in [1.807, 2.05) is 30.3 Å². The molecule has 0 heterocycles. The fourth-order valence-corrected chi connectivity index (χ4v) is 10.1. The van der Waals surface area contributed by atoms with Crippen molar-refractivity contribution < 1.29 is 22.7 Å². The molecule has 0 bridgehead atoms. The van der Waals surface area contributed by atoms with E-state index in [0.717, 1.165) is 16.3 Å². The molecule has 1 unspecified atom stereocenters. The molecule has 0 spiro atoms. The summed E-state index contributed by atoms with van der Waals surface area (Å²) in [7, 11) is -3.42. The van der Waals surface area contributed by atoms with Crippen LogP contribution in [0.2, 0.25) is 0 Å². The van der Waals surface area contributed by atoms with Gasteiger partial charge in [0.05, 0.1) is 19.8 Å². The van der Waals surface area contributed by atoms with Gasteiger partial charge >= 0.3 is 7.60 Å². The van der Waals surface area contributed by atoms with Crippen LogP contribution < -0.4 is 0 Å². The largest absolute Gasteiger partial charge is 0.341 e. The van der Waals surface area contributed by atoms with Crippen LogP contribution in [0.5, 0.6) is 0 Å². The van der Waals surface area contributed by atoms with Crippen molar-refractivity contribution in [2.75, 3.05) is 25.7 Å². The summed E-state index contributed by atoms with van der Waals surface area (Å²) in [6.45, 7) is 2.73. The van der Waals surface area contributed by atoms with Gasteiger partial charge in [0.25, 0.3) is 6.57 Å². The Kier molecular flexibility index (Phi) is 8.25. The predicted molar refractivity (Wildman–Crippen MR) is 87.3 cm³/mol. The lowest BCUT2D eigenvalue weighted by molar-refractivity contribution is 0.222. The van der Waals surface area contributed by atoms with Crippen LogP contribution in [-0.2, 0) is 22.7 Å². The van der Waals surface area contributed by atoms with Crippen LogP contribution in [0.25, 0.3) is 0 Å². The Morgan fingerprint density at radius 2 is 1.43 bits per heavy atom. The van der Waals surface area contributed by atoms with Crippen molar-refractivity contribution in [3.05, 3.63) is 30.3 Å². The highest BCUT2D eigenvalue weighted by molar-refractivity contribution is 8.57. The molecule has 1 aromatic carbocycles. The molecule has 0 saturated carbocycles. The summed E-state index contributed by atoms with van der Waals surface area (Å²) in [5.74, 6) is -0.227. The summed E-state index contributed by atoms with van der Waals surface area (Å²) in [5.41, 5.74) is 0. The summed E-state index contributed by atoms with van der Waals surface area (Å²) in [6.07, 6.45) is 0. The summed E-state index contributed by atoms with van der Waals surface area (Å²) in [6, 6.07) is 9.25. The second-order valence-electron chi connectivity index (χ2n) is 4.02. The van der Waals surface area contributed by atoms with E-state index >= 15 is 0 Å². The first-order valence-electron chi connectivity index (χ1n) is 6.83. The fourth-order valence-electron chi connectivity index (χ4n) is 1.66. The average molecular weight is 352 g/mol. The zero-order valence-corrected chi connectivity index (χ0v) is 15.2. The summed E-state index contributed by atoms with van der Waals surface area (Å²) in [4.78, 5) is 0.800. The number of benzene rings is 1. The monoisotopic (exact) mass is 352 g/mol. The van der Waals surface area contributed by atoms with E-state index in [0.29, 0.717) is 0 Å². The van der Waals surface area contributed by atoms with Gasteiger partial charge in [0.1, 0.15) is 5.90 Å². The second-order valence-corrected chi connectivity index (χ2v) is 11.2. The summed E-state index contributed by atoms with van der Waals surface area (Å²) in [5, 5.41) is 0. The molecule has 1 aromatic rings. The highest BCUT2D eigenvalue weighted by Gasteiger charge is 2.38. The molecule has 8 heteroatoms. The lowest BCUT2D eigenvalue weighted by Crippen LogP contribution is -2.02. The lowest BCUT2D eigenvalue weighted by atomic mass is 10.4. The van der Waals surface area contributed by atoms with Gasteiger partial charge in [-0.15, -0.1) is 0 Å². The molecule has 120 valence electrons. The quantitative estimate of drug-likeness (QED) is 0.537. The summed E-state index contributed by atoms with van der Waals surface area (Å²) >= 11 is 1.10. The first-order chi connectivity index (χ1) is 9.97. The second kappa shape index (κ2) is 9.14. The normalized spacial score (nSPS) is 14.8. The molecule has 0 saturated heterocycles. The molecule has 1 atom stereocenters. The molecule has 21 heavy (non-hydrogen) atoms. The molecule has 5 nitrogen and oxygen atoms in total. The van der Waals surface area contributed by atoms with Gasteiger partial charge in [0, 0.05) is 4.90 Å². The first kappa shape index (κ1) is 19.0. The molecule has 0 aromatic heterocycles. The Bertz CT molecular complexity index is 499. The van der Waals surface area contributed by atoms with Gasteiger partial charge in [-0.3, -0.25) is 9.13 Å². The van der Waals surface area contributed by atoms with Gasteiger partial charge in [-0.25, -0.2) is 0 Å². The van der Waals surface area contributed by atoms with Crippen LogP contribution in [0, 0.1) is 0 Å². The molecule has 0 fully saturated rings. The van der Waals surface area contributed by atoms with E-state index in [4.69, 9.17) is 13.6 Å². The van der Waals surface area contributed by atoms with E-state index in [1.54, 1.807) is 20.8 Å². The van der Waals surface area contributed by atoms with E-state index in [2.05, 4.69) is 0 Å². The average Bonchev–Trinajstić information content (AvgIpc) is 2.39. The molecule has 0 radical (unpaired) electrons. The highest BCUT2D eigenvalue weighted by Crippen LogP contribution is 2.71. The number of rotatable bonds is 10. The van der Waals surface area contributed by atoms with Crippen LogP contribution in [0.4, 0.5) is 0 Å². The topological polar surface area (TPSA) is 61.8 Å². The molecule has 0 aliphatic heterocycles. The van der Waals surface area contributed by atoms with Crippen molar-refractivity contribution in [3.8, 4) is 0 Å². The lowest BCUT2D eigenvalue weighted by Gasteiger charge is -2.22. The predicted octanol–water partition coefficient (Wildman–Crippen LogP) is 5.23. The van der Waals surface area contributed by atoms with Crippen LogP contribution in [-0.4, -0.2) is 25.7 Å². The summed E-state index contributed by atoms with van der Waals surface area (Å²) < 4.78 is 41.4. The van der Waals surface area contributed by atoms with Crippen molar-refractivity contribution in [2.45, 2.75) is 25.7 Å². The number of hydrogen-bond acceptors (Lipinski definition) is 6. The molecule has 1 rings (SSSR count). The van der Waals surface area contributed by atoms with Crippen LogP contribution >= 0.6 is 25.5 Å². The molecular formula is C13H22O5P2S. The van der Waals surface area contributed by atoms with Gasteiger partial charge < -0.3 is 13.6 Å². The SMILES string of the molecule is CCOP(=O)(CP(=O)(OCC)Sc1ccccc1)OCC. The third-order valence-electron chi connectivity index (χ3n) is 2.31. The minimum absolute atomic E-state index is 0.227. The molecule has 0 amide bonds. The Morgan fingerprint density at radius 1 is 0.905 bits per heavy atom. The van der Waals surface area contributed by atoms with Crippen LogP contribution in [0.3, 0.4) is 0 Å². The van der Waals surface area contributed by atoms with Gasteiger partial charge in [0.2, 0.25) is 0 Å². The van der Waals surface area contributed by atoms with E-state index in [-0.39, 0.29) is 25.7 Å². The van der Waals surface area contributed by atoms with Crippen molar-refractivity contribution in [3.63, 3.8) is 0 Å². The van der Waals surface area contributed by atoms with Crippen LogP contribution in [0.15, 0.2) is 35.2 Å². The molecule has 0 aliphatic carbocycles. The molecule has 0 N–H and O–H groups in total. The Hall–Kier alpha value is -0.0900. The van der Waals surface area contributed by atoms with Gasteiger partial charge in [-0.1, -0.05) is 18.2 Å². The van der Waals surface area contributed by atoms with Gasteiger partial charge in [0.15, 0.2) is 0 Å². The Balaban J connectivity index is 2.93. The maximum atomic E-state index is 13.0. The van der Waals surface area contributed by atoms with E-state index in [1.165, 1.54) is 0 Å². The van der Waals surface area contributed by atoms with Gasteiger partial charge in [-0.2, -0.15) is 0 Å². The van der Waals surface area contributed by atoms with Crippen molar-refractivity contribution >= 4 is 25.5 Å². The van der Waals surface area contributed by atoms with Crippen molar-refractivity contribution in [1.29, 1.82) is 0 Å². The van der Waals surface area contributed by atoms with E-state index in [9.17, 15) is 9.13 Å². The van der Waals surface area contributed by atoms with Gasteiger partial charge in [-0.05, 0) is 44.3 Å².